The molecule has 0 spiro atoms. The van der Waals surface area contributed by atoms with Crippen molar-refractivity contribution in [2.45, 2.75) is 40.2 Å². The molecule has 4 heteroatoms. The van der Waals surface area contributed by atoms with Crippen LogP contribution in [0.15, 0.2) is 18.5 Å². The van der Waals surface area contributed by atoms with E-state index in [0.29, 0.717) is 11.0 Å². The molecule has 0 unspecified atom stereocenters. The second-order valence-corrected chi connectivity index (χ2v) is 5.86. The van der Waals surface area contributed by atoms with Crippen LogP contribution >= 0.6 is 0 Å². The average Bonchev–Trinajstić information content (AvgIpc) is 2.60. The Morgan fingerprint density at radius 2 is 1.83 bits per heavy atom. The topological polar surface area (TPSA) is 17.8 Å². The van der Waals surface area contributed by atoms with Gasteiger partial charge in [0.2, 0.25) is 0 Å². The fraction of sp³-hybridized carbons (Fsp3) is 0.500. The van der Waals surface area contributed by atoms with Crippen molar-refractivity contribution >= 4 is 11.0 Å². The summed E-state index contributed by atoms with van der Waals surface area (Å²) in [7, 11) is 0. The standard InChI is InChI=1S/C14H18F2N2/c1-14(2,3)5-4-6-18-9-17-12-7-10(15)11(16)8-13(12)18/h7-9H,4-6H2,1-3H3. The molecule has 18 heavy (non-hydrogen) atoms. The maximum atomic E-state index is 13.2. The molecule has 2 aromatic rings. The average molecular weight is 252 g/mol. The highest BCUT2D eigenvalue weighted by Gasteiger charge is 2.11. The maximum absolute atomic E-state index is 13.2. The fourth-order valence-corrected chi connectivity index (χ4v) is 2.01. The third-order valence-electron chi connectivity index (χ3n) is 2.99. The zero-order valence-corrected chi connectivity index (χ0v) is 11.0. The highest BCUT2D eigenvalue weighted by molar-refractivity contribution is 5.75. The van der Waals surface area contributed by atoms with Gasteiger partial charge in [0, 0.05) is 18.7 Å². The van der Waals surface area contributed by atoms with E-state index in [1.807, 2.05) is 4.57 Å². The molecular weight excluding hydrogens is 234 g/mol. The first-order valence-electron chi connectivity index (χ1n) is 6.17. The summed E-state index contributed by atoms with van der Waals surface area (Å²) >= 11 is 0. The number of hydrogen-bond acceptors (Lipinski definition) is 1. The quantitative estimate of drug-likeness (QED) is 0.802. The van der Waals surface area contributed by atoms with Gasteiger partial charge in [-0.25, -0.2) is 13.8 Å². The Labute approximate surface area is 106 Å². The molecule has 0 N–H and O–H groups in total. The molecular formula is C14H18F2N2. The van der Waals surface area contributed by atoms with Crippen molar-refractivity contribution < 1.29 is 8.78 Å². The summed E-state index contributed by atoms with van der Waals surface area (Å²) in [4.78, 5) is 4.09. The van der Waals surface area contributed by atoms with E-state index in [9.17, 15) is 8.78 Å². The van der Waals surface area contributed by atoms with Gasteiger partial charge in [-0.1, -0.05) is 20.8 Å². The lowest BCUT2D eigenvalue weighted by atomic mass is 9.91. The molecule has 1 aromatic carbocycles. The van der Waals surface area contributed by atoms with Crippen LogP contribution in [0.1, 0.15) is 33.6 Å². The van der Waals surface area contributed by atoms with Crippen LogP contribution in [0.2, 0.25) is 0 Å². The molecule has 2 nitrogen and oxygen atoms in total. The van der Waals surface area contributed by atoms with Gasteiger partial charge in [-0.15, -0.1) is 0 Å². The Hall–Kier alpha value is -1.45. The Morgan fingerprint density at radius 1 is 1.17 bits per heavy atom. The van der Waals surface area contributed by atoms with Crippen molar-refractivity contribution in [3.8, 4) is 0 Å². The number of fused-ring (bicyclic) bond motifs is 1. The lowest BCUT2D eigenvalue weighted by Crippen LogP contribution is -2.07. The lowest BCUT2D eigenvalue weighted by Gasteiger charge is -2.17. The van der Waals surface area contributed by atoms with Gasteiger partial charge in [-0.05, 0) is 18.3 Å². The highest BCUT2D eigenvalue weighted by Crippen LogP contribution is 2.22. The fourth-order valence-electron chi connectivity index (χ4n) is 2.01. The van der Waals surface area contributed by atoms with Crippen molar-refractivity contribution in [3.63, 3.8) is 0 Å². The van der Waals surface area contributed by atoms with Gasteiger partial charge in [-0.2, -0.15) is 0 Å². The van der Waals surface area contributed by atoms with Crippen LogP contribution in [0.4, 0.5) is 8.78 Å². The molecule has 0 radical (unpaired) electrons. The second kappa shape index (κ2) is 4.67. The third kappa shape index (κ3) is 2.86. The van der Waals surface area contributed by atoms with Crippen molar-refractivity contribution in [1.82, 2.24) is 9.55 Å². The van der Waals surface area contributed by atoms with Gasteiger partial charge in [0.15, 0.2) is 11.6 Å². The minimum Gasteiger partial charge on any atom is -0.331 e. The summed E-state index contributed by atoms with van der Waals surface area (Å²) in [6.45, 7) is 7.34. The van der Waals surface area contributed by atoms with Gasteiger partial charge in [0.25, 0.3) is 0 Å². The number of imidazole rings is 1. The Bertz CT molecular complexity index is 553. The summed E-state index contributed by atoms with van der Waals surface area (Å²) < 4.78 is 28.1. The number of benzene rings is 1. The van der Waals surface area contributed by atoms with Gasteiger partial charge in [-0.3, -0.25) is 0 Å². The van der Waals surface area contributed by atoms with E-state index < -0.39 is 11.6 Å². The van der Waals surface area contributed by atoms with E-state index in [0.717, 1.165) is 25.5 Å². The smallest absolute Gasteiger partial charge is 0.161 e. The zero-order chi connectivity index (χ0) is 13.3. The predicted molar refractivity (Wildman–Crippen MR) is 68.3 cm³/mol. The molecule has 0 aliphatic carbocycles. The Morgan fingerprint density at radius 3 is 2.50 bits per heavy atom. The number of hydrogen-bond donors (Lipinski definition) is 0. The number of nitrogens with zero attached hydrogens (tertiary/aromatic N) is 2. The van der Waals surface area contributed by atoms with Crippen molar-refractivity contribution in [3.05, 3.63) is 30.1 Å². The molecule has 0 aliphatic rings. The summed E-state index contributed by atoms with van der Waals surface area (Å²) in [5.41, 5.74) is 1.45. The summed E-state index contributed by atoms with van der Waals surface area (Å²) in [6, 6.07) is 2.36. The largest absolute Gasteiger partial charge is 0.331 e. The first kappa shape index (κ1) is 13.0. The highest BCUT2D eigenvalue weighted by atomic mass is 19.2. The molecule has 2 rings (SSSR count). The maximum Gasteiger partial charge on any atom is 0.161 e. The molecule has 98 valence electrons. The van der Waals surface area contributed by atoms with Crippen molar-refractivity contribution in [2.24, 2.45) is 5.41 Å². The molecule has 0 aliphatic heterocycles. The molecule has 0 bridgehead atoms. The predicted octanol–water partition coefficient (Wildman–Crippen LogP) is 4.14. The van der Waals surface area contributed by atoms with Gasteiger partial charge in [0.05, 0.1) is 17.4 Å². The van der Waals surface area contributed by atoms with E-state index in [1.54, 1.807) is 6.33 Å². The van der Waals surface area contributed by atoms with Crippen LogP contribution in [0.25, 0.3) is 11.0 Å². The Kier molecular flexibility index (Phi) is 3.37. The SMILES string of the molecule is CC(C)(C)CCCn1cnc2cc(F)c(F)cc21. The monoisotopic (exact) mass is 252 g/mol. The van der Waals surface area contributed by atoms with Crippen molar-refractivity contribution in [1.29, 1.82) is 0 Å². The molecule has 0 fully saturated rings. The van der Waals surface area contributed by atoms with E-state index >= 15 is 0 Å². The number of aromatic nitrogens is 2. The molecule has 0 amide bonds. The first-order valence-corrected chi connectivity index (χ1v) is 6.17. The van der Waals surface area contributed by atoms with Crippen LogP contribution in [0, 0.1) is 17.0 Å². The van der Waals surface area contributed by atoms with Crippen LogP contribution < -0.4 is 0 Å². The number of aryl methyl sites for hydroxylation is 1. The normalized spacial score (nSPS) is 12.3. The summed E-state index contributed by atoms with van der Waals surface area (Å²) in [5, 5.41) is 0. The number of rotatable bonds is 3. The van der Waals surface area contributed by atoms with Crippen LogP contribution in [0.5, 0.6) is 0 Å². The molecule has 1 heterocycles. The minimum atomic E-state index is -0.845. The molecule has 0 saturated carbocycles. The van der Waals surface area contributed by atoms with Crippen LogP contribution in [-0.4, -0.2) is 9.55 Å². The summed E-state index contributed by atoms with van der Waals surface area (Å²) in [6.07, 6.45) is 3.72. The van der Waals surface area contributed by atoms with E-state index in [1.165, 1.54) is 6.07 Å². The van der Waals surface area contributed by atoms with Gasteiger partial charge < -0.3 is 4.57 Å². The van der Waals surface area contributed by atoms with E-state index in [4.69, 9.17) is 0 Å². The zero-order valence-electron chi connectivity index (χ0n) is 11.0. The second-order valence-electron chi connectivity index (χ2n) is 5.86. The lowest BCUT2D eigenvalue weighted by molar-refractivity contribution is 0.354. The van der Waals surface area contributed by atoms with E-state index in [2.05, 4.69) is 25.8 Å². The molecule has 1 aromatic heterocycles. The Balaban J connectivity index is 2.17. The third-order valence-corrected chi connectivity index (χ3v) is 2.99. The number of halogens is 2. The first-order chi connectivity index (χ1) is 8.37. The molecule has 0 atom stereocenters. The van der Waals surface area contributed by atoms with E-state index in [-0.39, 0.29) is 5.41 Å². The summed E-state index contributed by atoms with van der Waals surface area (Å²) in [5.74, 6) is -1.66. The van der Waals surface area contributed by atoms with Gasteiger partial charge >= 0.3 is 0 Å². The van der Waals surface area contributed by atoms with Crippen LogP contribution in [0.3, 0.4) is 0 Å². The molecule has 0 saturated heterocycles. The minimum absolute atomic E-state index is 0.285. The van der Waals surface area contributed by atoms with Crippen LogP contribution in [-0.2, 0) is 6.54 Å². The van der Waals surface area contributed by atoms with Crippen molar-refractivity contribution in [2.75, 3.05) is 0 Å². The van der Waals surface area contributed by atoms with Gasteiger partial charge in [0.1, 0.15) is 0 Å².